The van der Waals surface area contributed by atoms with E-state index in [1.54, 1.807) is 34.6 Å². The van der Waals surface area contributed by atoms with E-state index in [-0.39, 0.29) is 19.4 Å². The first-order chi connectivity index (χ1) is 9.83. The second-order valence-corrected chi connectivity index (χ2v) is 7.13. The number of carbonyl (C=O) groups is 2. The third-order valence-corrected chi connectivity index (χ3v) is 5.26. The van der Waals surface area contributed by atoms with Crippen molar-refractivity contribution < 1.29 is 23.6 Å². The molecule has 0 saturated heterocycles. The zero-order valence-corrected chi connectivity index (χ0v) is 14.4. The third kappa shape index (κ3) is 7.07. The van der Waals surface area contributed by atoms with Crippen molar-refractivity contribution in [1.29, 1.82) is 0 Å². The van der Waals surface area contributed by atoms with Crippen LogP contribution in [0.15, 0.2) is 0 Å². The zero-order valence-electron chi connectivity index (χ0n) is 13.5. The first-order valence-electron chi connectivity index (χ1n) is 7.31. The standard InChI is InChI=1S/C13H27N2O5P/c1-6-11(13(17)20-8-3)15-21(18,9-4)14-10(5)12(16)19-7-2/h10-11H,6-9H2,1-5H3,(H2,14,15,18). The summed E-state index contributed by atoms with van der Waals surface area (Å²) >= 11 is 0. The van der Waals surface area contributed by atoms with Crippen molar-refractivity contribution in [2.24, 2.45) is 0 Å². The van der Waals surface area contributed by atoms with Gasteiger partial charge < -0.3 is 9.47 Å². The molecule has 0 aromatic carbocycles. The summed E-state index contributed by atoms with van der Waals surface area (Å²) < 4.78 is 22.5. The first-order valence-corrected chi connectivity index (χ1v) is 9.20. The van der Waals surface area contributed by atoms with Crippen LogP contribution in [0.5, 0.6) is 0 Å². The fourth-order valence-corrected chi connectivity index (χ4v) is 3.62. The van der Waals surface area contributed by atoms with Gasteiger partial charge in [0.2, 0.25) is 7.44 Å². The summed E-state index contributed by atoms with van der Waals surface area (Å²) in [4.78, 5) is 23.4. The fourth-order valence-electron chi connectivity index (χ4n) is 1.66. The highest BCUT2D eigenvalue weighted by atomic mass is 31.2. The SMILES string of the molecule is CCOC(=O)C(C)NP(=O)(CC)NC(CC)C(=O)OCC. The lowest BCUT2D eigenvalue weighted by atomic mass is 10.2. The van der Waals surface area contributed by atoms with Crippen molar-refractivity contribution in [2.75, 3.05) is 19.4 Å². The van der Waals surface area contributed by atoms with E-state index in [1.807, 2.05) is 0 Å². The van der Waals surface area contributed by atoms with E-state index in [0.29, 0.717) is 6.42 Å². The van der Waals surface area contributed by atoms with Crippen molar-refractivity contribution in [2.45, 2.75) is 53.1 Å². The zero-order chi connectivity index (χ0) is 16.5. The molecule has 0 heterocycles. The maximum Gasteiger partial charge on any atom is 0.323 e. The highest BCUT2D eigenvalue weighted by Crippen LogP contribution is 2.37. The van der Waals surface area contributed by atoms with Gasteiger partial charge in [0.1, 0.15) is 12.1 Å². The molecule has 124 valence electrons. The molecule has 0 saturated carbocycles. The topological polar surface area (TPSA) is 93.7 Å². The van der Waals surface area contributed by atoms with Crippen LogP contribution in [0.4, 0.5) is 0 Å². The van der Waals surface area contributed by atoms with Gasteiger partial charge in [-0.3, -0.25) is 14.2 Å². The number of esters is 2. The molecular formula is C13H27N2O5P. The predicted molar refractivity (Wildman–Crippen MR) is 81.2 cm³/mol. The van der Waals surface area contributed by atoms with Crippen molar-refractivity contribution in [3.05, 3.63) is 0 Å². The molecule has 0 bridgehead atoms. The molecule has 0 spiro atoms. The Morgan fingerprint density at radius 1 is 1.00 bits per heavy atom. The smallest absolute Gasteiger partial charge is 0.323 e. The molecule has 7 nitrogen and oxygen atoms in total. The van der Waals surface area contributed by atoms with E-state index in [2.05, 4.69) is 10.2 Å². The van der Waals surface area contributed by atoms with E-state index >= 15 is 0 Å². The molecule has 0 aliphatic heterocycles. The van der Waals surface area contributed by atoms with Gasteiger partial charge in [-0.2, -0.15) is 0 Å². The maximum atomic E-state index is 12.7. The lowest BCUT2D eigenvalue weighted by Gasteiger charge is -2.26. The van der Waals surface area contributed by atoms with Gasteiger partial charge in [-0.1, -0.05) is 13.8 Å². The Morgan fingerprint density at radius 3 is 1.95 bits per heavy atom. The van der Waals surface area contributed by atoms with Crippen LogP contribution in [-0.4, -0.2) is 43.4 Å². The molecule has 2 N–H and O–H groups in total. The van der Waals surface area contributed by atoms with E-state index in [1.165, 1.54) is 0 Å². The highest BCUT2D eigenvalue weighted by molar-refractivity contribution is 7.59. The van der Waals surface area contributed by atoms with Crippen molar-refractivity contribution >= 4 is 19.4 Å². The lowest BCUT2D eigenvalue weighted by Crippen LogP contribution is -2.43. The molecule has 3 atom stereocenters. The Hall–Kier alpha value is -0.910. The quantitative estimate of drug-likeness (QED) is 0.467. The van der Waals surface area contributed by atoms with Crippen molar-refractivity contribution in [3.8, 4) is 0 Å². The molecule has 0 radical (unpaired) electrons. The third-order valence-electron chi connectivity index (χ3n) is 2.83. The van der Waals surface area contributed by atoms with Gasteiger partial charge in [0.25, 0.3) is 0 Å². The van der Waals surface area contributed by atoms with E-state index in [4.69, 9.17) is 9.47 Å². The second-order valence-electron chi connectivity index (χ2n) is 4.50. The summed E-state index contributed by atoms with van der Waals surface area (Å²) in [7, 11) is -3.09. The van der Waals surface area contributed by atoms with Gasteiger partial charge in [0, 0.05) is 6.16 Å². The average Bonchev–Trinajstić information content (AvgIpc) is 2.45. The Kier molecular flexibility index (Phi) is 9.49. The summed E-state index contributed by atoms with van der Waals surface area (Å²) in [5, 5.41) is 5.56. The number of rotatable bonds is 10. The molecule has 0 amide bonds. The Morgan fingerprint density at radius 2 is 1.52 bits per heavy atom. The van der Waals surface area contributed by atoms with Crippen LogP contribution in [0.2, 0.25) is 0 Å². The Balaban J connectivity index is 4.81. The monoisotopic (exact) mass is 322 g/mol. The summed E-state index contributed by atoms with van der Waals surface area (Å²) in [6.07, 6.45) is 0.699. The van der Waals surface area contributed by atoms with Crippen molar-refractivity contribution in [3.63, 3.8) is 0 Å². The van der Waals surface area contributed by atoms with Crippen LogP contribution in [0.3, 0.4) is 0 Å². The van der Waals surface area contributed by atoms with E-state index in [9.17, 15) is 14.2 Å². The first kappa shape index (κ1) is 20.1. The number of hydrogen-bond acceptors (Lipinski definition) is 5. The van der Waals surface area contributed by atoms with Crippen LogP contribution in [-0.2, 0) is 23.6 Å². The van der Waals surface area contributed by atoms with Crippen LogP contribution in [0.1, 0.15) is 41.0 Å². The second kappa shape index (κ2) is 9.92. The molecule has 0 aliphatic rings. The Labute approximate surface area is 126 Å². The van der Waals surface area contributed by atoms with Gasteiger partial charge in [0.15, 0.2) is 0 Å². The van der Waals surface area contributed by atoms with Crippen LogP contribution in [0.25, 0.3) is 0 Å². The van der Waals surface area contributed by atoms with Crippen LogP contribution in [0, 0.1) is 0 Å². The molecule has 0 fully saturated rings. The van der Waals surface area contributed by atoms with Crippen molar-refractivity contribution in [1.82, 2.24) is 10.2 Å². The highest BCUT2D eigenvalue weighted by Gasteiger charge is 2.31. The summed E-state index contributed by atoms with van der Waals surface area (Å²) in [6, 6.07) is -1.39. The van der Waals surface area contributed by atoms with Gasteiger partial charge in [0.05, 0.1) is 13.2 Å². The molecule has 3 unspecified atom stereocenters. The number of nitrogens with one attached hydrogen (secondary N) is 2. The molecule has 0 aromatic rings. The largest absolute Gasteiger partial charge is 0.465 e. The minimum Gasteiger partial charge on any atom is -0.465 e. The molecule has 0 aliphatic carbocycles. The van der Waals surface area contributed by atoms with Crippen LogP contribution >= 0.6 is 7.44 Å². The van der Waals surface area contributed by atoms with Crippen LogP contribution < -0.4 is 10.2 Å². The maximum absolute atomic E-state index is 12.7. The summed E-state index contributed by atoms with van der Waals surface area (Å²) in [6.45, 7) is 9.03. The number of ether oxygens (including phenoxy) is 2. The van der Waals surface area contributed by atoms with Gasteiger partial charge >= 0.3 is 11.9 Å². The lowest BCUT2D eigenvalue weighted by molar-refractivity contribution is -0.145. The number of carbonyl (C=O) groups excluding carboxylic acids is 2. The molecule has 0 aromatic heterocycles. The average molecular weight is 322 g/mol. The minimum atomic E-state index is -3.09. The molecule has 0 rings (SSSR count). The van der Waals surface area contributed by atoms with Gasteiger partial charge in [-0.25, -0.2) is 10.2 Å². The molecular weight excluding hydrogens is 295 g/mol. The molecule has 21 heavy (non-hydrogen) atoms. The minimum absolute atomic E-state index is 0.257. The molecule has 8 heteroatoms. The number of hydrogen-bond donors (Lipinski definition) is 2. The van der Waals surface area contributed by atoms with Gasteiger partial charge in [-0.15, -0.1) is 0 Å². The van der Waals surface area contributed by atoms with Gasteiger partial charge in [-0.05, 0) is 27.2 Å². The predicted octanol–water partition coefficient (Wildman–Crippen LogP) is 1.67. The Bertz CT molecular complexity index is 389. The normalized spacial score (nSPS) is 16.6. The van der Waals surface area contributed by atoms with E-state index in [0.717, 1.165) is 0 Å². The van der Waals surface area contributed by atoms with E-state index < -0.39 is 31.5 Å². The fraction of sp³-hybridized carbons (Fsp3) is 0.846. The summed E-state index contributed by atoms with van der Waals surface area (Å²) in [5.41, 5.74) is 0. The summed E-state index contributed by atoms with van der Waals surface area (Å²) in [5.74, 6) is -0.920.